The van der Waals surface area contributed by atoms with Gasteiger partial charge in [0.15, 0.2) is 0 Å². The molecule has 0 N–H and O–H groups in total. The first kappa shape index (κ1) is 14.4. The van der Waals surface area contributed by atoms with Gasteiger partial charge >= 0.3 is 0 Å². The van der Waals surface area contributed by atoms with Crippen LogP contribution in [0.15, 0.2) is 30.9 Å². The van der Waals surface area contributed by atoms with E-state index in [-0.39, 0.29) is 0 Å². The molecule has 0 heterocycles. The highest BCUT2D eigenvalue weighted by atomic mass is 16.5. The summed E-state index contributed by atoms with van der Waals surface area (Å²) in [5.41, 5.74) is 3.29. The Morgan fingerprint density at radius 1 is 1.14 bits per heavy atom. The lowest BCUT2D eigenvalue weighted by molar-refractivity contribution is -0.00619. The molecule has 1 unspecified atom stereocenters. The van der Waals surface area contributed by atoms with E-state index in [0.29, 0.717) is 11.3 Å². The molecule has 1 aromatic carbocycles. The molecule has 0 amide bonds. The van der Waals surface area contributed by atoms with Crippen LogP contribution in [0.5, 0.6) is 5.75 Å². The molecule has 4 bridgehead atoms. The van der Waals surface area contributed by atoms with E-state index in [9.17, 15) is 0 Å². The van der Waals surface area contributed by atoms with Crippen molar-refractivity contribution in [2.75, 3.05) is 7.11 Å². The van der Waals surface area contributed by atoms with Crippen molar-refractivity contribution in [2.45, 2.75) is 56.8 Å². The van der Waals surface area contributed by atoms with Gasteiger partial charge in [-0.15, -0.1) is 6.58 Å². The van der Waals surface area contributed by atoms with Crippen LogP contribution in [0.25, 0.3) is 0 Å². The van der Waals surface area contributed by atoms with Gasteiger partial charge in [0.25, 0.3) is 0 Å². The molecule has 4 fully saturated rings. The summed E-state index contributed by atoms with van der Waals surface area (Å²) in [6.07, 6.45) is 10.7. The van der Waals surface area contributed by atoms with E-state index in [0.717, 1.165) is 23.5 Å². The zero-order valence-electron chi connectivity index (χ0n) is 14.0. The first-order chi connectivity index (χ1) is 10.6. The van der Waals surface area contributed by atoms with Crippen molar-refractivity contribution < 1.29 is 4.74 Å². The van der Waals surface area contributed by atoms with Gasteiger partial charge in [-0.3, -0.25) is 0 Å². The van der Waals surface area contributed by atoms with Gasteiger partial charge in [0.05, 0.1) is 7.11 Å². The average Bonchev–Trinajstić information content (AvgIpc) is 2.52. The third-order valence-electron chi connectivity index (χ3n) is 6.71. The molecule has 22 heavy (non-hydrogen) atoms. The summed E-state index contributed by atoms with van der Waals surface area (Å²) in [5.74, 6) is 4.44. The van der Waals surface area contributed by atoms with Crippen molar-refractivity contribution in [1.29, 1.82) is 0 Å². The van der Waals surface area contributed by atoms with E-state index >= 15 is 0 Å². The van der Waals surface area contributed by atoms with Gasteiger partial charge in [-0.05, 0) is 79.2 Å². The Labute approximate surface area is 134 Å². The first-order valence-corrected chi connectivity index (χ1v) is 8.94. The van der Waals surface area contributed by atoms with Gasteiger partial charge in [-0.1, -0.05) is 25.1 Å². The zero-order chi connectivity index (χ0) is 15.3. The second-order valence-corrected chi connectivity index (χ2v) is 8.18. The van der Waals surface area contributed by atoms with Gasteiger partial charge < -0.3 is 4.74 Å². The topological polar surface area (TPSA) is 9.23 Å². The molecular formula is C21H28O. The Hall–Kier alpha value is -1.24. The summed E-state index contributed by atoms with van der Waals surface area (Å²) in [6.45, 7) is 6.20. The van der Waals surface area contributed by atoms with Crippen LogP contribution in [0.2, 0.25) is 0 Å². The molecule has 4 saturated carbocycles. The van der Waals surface area contributed by atoms with Crippen molar-refractivity contribution >= 4 is 0 Å². The van der Waals surface area contributed by atoms with Crippen LogP contribution in [-0.2, 0) is 5.41 Å². The van der Waals surface area contributed by atoms with Gasteiger partial charge in [0, 0.05) is 5.56 Å². The van der Waals surface area contributed by atoms with Crippen LogP contribution in [0.3, 0.4) is 0 Å². The minimum absolute atomic E-state index is 0.400. The van der Waals surface area contributed by atoms with Gasteiger partial charge in [0.2, 0.25) is 0 Å². The van der Waals surface area contributed by atoms with Crippen molar-refractivity contribution in [3.63, 3.8) is 0 Å². The van der Waals surface area contributed by atoms with Gasteiger partial charge in [-0.25, -0.2) is 0 Å². The van der Waals surface area contributed by atoms with Crippen LogP contribution in [-0.4, -0.2) is 7.11 Å². The molecule has 0 saturated heterocycles. The Kier molecular flexibility index (Phi) is 3.36. The molecule has 1 nitrogen and oxygen atoms in total. The molecule has 0 radical (unpaired) electrons. The maximum absolute atomic E-state index is 5.78. The highest BCUT2D eigenvalue weighted by Crippen LogP contribution is 2.62. The van der Waals surface area contributed by atoms with E-state index in [1.807, 2.05) is 13.2 Å². The van der Waals surface area contributed by atoms with E-state index in [2.05, 4.69) is 31.7 Å². The third kappa shape index (κ3) is 2.13. The van der Waals surface area contributed by atoms with Crippen molar-refractivity contribution in [3.05, 3.63) is 42.0 Å². The zero-order valence-corrected chi connectivity index (χ0v) is 14.0. The van der Waals surface area contributed by atoms with Crippen molar-refractivity contribution in [3.8, 4) is 5.75 Å². The lowest BCUT2D eigenvalue weighted by atomic mass is 9.48. The second-order valence-electron chi connectivity index (χ2n) is 8.18. The number of allylic oxidation sites excluding steroid dienone is 1. The molecule has 4 aliphatic carbocycles. The van der Waals surface area contributed by atoms with Crippen LogP contribution < -0.4 is 4.74 Å². The highest BCUT2D eigenvalue weighted by molar-refractivity contribution is 5.45. The summed E-state index contributed by atoms with van der Waals surface area (Å²) < 4.78 is 5.78. The molecular weight excluding hydrogens is 268 g/mol. The molecule has 4 aliphatic rings. The molecule has 0 spiro atoms. The summed E-state index contributed by atoms with van der Waals surface area (Å²) in [5, 5.41) is 0. The minimum atomic E-state index is 0.400. The van der Waals surface area contributed by atoms with Gasteiger partial charge in [0.1, 0.15) is 5.75 Å². The van der Waals surface area contributed by atoms with Crippen LogP contribution in [0, 0.1) is 17.8 Å². The van der Waals surface area contributed by atoms with E-state index in [4.69, 9.17) is 4.74 Å². The smallest absolute Gasteiger partial charge is 0.122 e. The first-order valence-electron chi connectivity index (χ1n) is 8.94. The standard InChI is InChI=1S/C21H28O/c1-4-14(2)18-5-6-20(22-3)19(10-18)21-11-15-7-16(12-21)9-17(8-15)13-21/h4-6,10,14-17H,1,7-9,11-13H2,2-3H3. The number of ether oxygens (including phenoxy) is 1. The molecule has 118 valence electrons. The lowest BCUT2D eigenvalue weighted by Gasteiger charge is -2.57. The van der Waals surface area contributed by atoms with Crippen molar-refractivity contribution in [2.24, 2.45) is 17.8 Å². The normalized spacial score (nSPS) is 37.1. The third-order valence-corrected chi connectivity index (χ3v) is 6.71. The van der Waals surface area contributed by atoms with Gasteiger partial charge in [-0.2, -0.15) is 0 Å². The predicted octanol–water partition coefficient (Wildman–Crippen LogP) is 5.45. The number of methoxy groups -OCH3 is 1. The predicted molar refractivity (Wildman–Crippen MR) is 91.5 cm³/mol. The number of hydrogen-bond donors (Lipinski definition) is 0. The summed E-state index contributed by atoms with van der Waals surface area (Å²) in [4.78, 5) is 0. The summed E-state index contributed by atoms with van der Waals surface area (Å²) in [7, 11) is 1.83. The fraction of sp³-hybridized carbons (Fsp3) is 0.619. The Morgan fingerprint density at radius 2 is 1.73 bits per heavy atom. The van der Waals surface area contributed by atoms with Crippen LogP contribution in [0.1, 0.15) is 62.5 Å². The number of benzene rings is 1. The Morgan fingerprint density at radius 3 is 2.23 bits per heavy atom. The second kappa shape index (κ2) is 5.15. The molecule has 1 atom stereocenters. The summed E-state index contributed by atoms with van der Waals surface area (Å²) in [6, 6.07) is 6.86. The molecule has 5 rings (SSSR count). The van der Waals surface area contributed by atoms with Crippen molar-refractivity contribution in [1.82, 2.24) is 0 Å². The Balaban J connectivity index is 1.79. The Bertz CT molecular complexity index is 550. The SMILES string of the molecule is C=CC(C)c1ccc(OC)c(C23CC4CC(CC(C4)C2)C3)c1. The molecule has 1 heteroatoms. The molecule has 0 aromatic heterocycles. The monoisotopic (exact) mass is 296 g/mol. The number of rotatable bonds is 4. The maximum Gasteiger partial charge on any atom is 0.122 e. The largest absolute Gasteiger partial charge is 0.496 e. The molecule has 0 aliphatic heterocycles. The lowest BCUT2D eigenvalue weighted by Crippen LogP contribution is -2.48. The highest BCUT2D eigenvalue weighted by Gasteiger charge is 2.52. The van der Waals surface area contributed by atoms with E-state index in [1.165, 1.54) is 49.7 Å². The molecule has 1 aromatic rings. The average molecular weight is 296 g/mol. The quantitative estimate of drug-likeness (QED) is 0.671. The fourth-order valence-electron chi connectivity index (χ4n) is 6.00. The number of hydrogen-bond acceptors (Lipinski definition) is 1. The fourth-order valence-corrected chi connectivity index (χ4v) is 6.00. The minimum Gasteiger partial charge on any atom is -0.496 e. The van der Waals surface area contributed by atoms with Crippen LogP contribution >= 0.6 is 0 Å². The van der Waals surface area contributed by atoms with Crippen LogP contribution in [0.4, 0.5) is 0 Å². The summed E-state index contributed by atoms with van der Waals surface area (Å²) >= 11 is 0. The van der Waals surface area contributed by atoms with E-state index < -0.39 is 0 Å². The van der Waals surface area contributed by atoms with E-state index in [1.54, 1.807) is 0 Å². The maximum atomic E-state index is 5.78.